The molecule has 0 spiro atoms. The van der Waals surface area contributed by atoms with Crippen molar-refractivity contribution < 1.29 is 9.59 Å². The van der Waals surface area contributed by atoms with Gasteiger partial charge in [0.05, 0.1) is 22.3 Å². The summed E-state index contributed by atoms with van der Waals surface area (Å²) in [6, 6.07) is 10.1. The van der Waals surface area contributed by atoms with Crippen LogP contribution in [0, 0.1) is 0 Å². The quantitative estimate of drug-likeness (QED) is 0.473. The molecule has 0 saturated carbocycles. The molecule has 1 aromatic carbocycles. The molecule has 0 unspecified atom stereocenters. The fourth-order valence-electron chi connectivity index (χ4n) is 3.29. The van der Waals surface area contributed by atoms with E-state index in [9.17, 15) is 9.59 Å². The molecule has 4 rings (SSSR count). The van der Waals surface area contributed by atoms with Gasteiger partial charge < -0.3 is 10.2 Å². The van der Waals surface area contributed by atoms with Crippen LogP contribution in [0.4, 0.5) is 0 Å². The molecule has 1 amide bonds. The molecule has 31 heavy (non-hydrogen) atoms. The lowest BCUT2D eigenvalue weighted by Gasteiger charge is -2.12. The van der Waals surface area contributed by atoms with Gasteiger partial charge in [0, 0.05) is 56.2 Å². The highest BCUT2D eigenvalue weighted by Crippen LogP contribution is 2.34. The Hall–Kier alpha value is -3.74. The lowest BCUT2D eigenvalue weighted by Crippen LogP contribution is -2.17. The van der Waals surface area contributed by atoms with Crippen LogP contribution in [0.5, 0.6) is 0 Å². The van der Waals surface area contributed by atoms with Crippen molar-refractivity contribution in [3.05, 3.63) is 65.7 Å². The van der Waals surface area contributed by atoms with Crippen LogP contribution in [0.1, 0.15) is 9.67 Å². The zero-order valence-electron chi connectivity index (χ0n) is 17.4. The van der Waals surface area contributed by atoms with Gasteiger partial charge in [0.2, 0.25) is 0 Å². The number of carbonyl (C=O) groups is 1. The zero-order valence-corrected chi connectivity index (χ0v) is 18.2. The Morgan fingerprint density at radius 1 is 1.13 bits per heavy atom. The van der Waals surface area contributed by atoms with E-state index in [0.29, 0.717) is 17.1 Å². The van der Waals surface area contributed by atoms with Crippen molar-refractivity contribution in [2.45, 2.75) is 6.54 Å². The summed E-state index contributed by atoms with van der Waals surface area (Å²) in [5.74, 6) is 1.86. The summed E-state index contributed by atoms with van der Waals surface area (Å²) in [5, 5.41) is 8.03. The van der Waals surface area contributed by atoms with E-state index in [1.807, 2.05) is 62.8 Å². The second-order valence-electron chi connectivity index (χ2n) is 7.24. The van der Waals surface area contributed by atoms with Gasteiger partial charge in [-0.2, -0.15) is 5.10 Å². The maximum Gasteiger partial charge on any atom is 0.261 e. The van der Waals surface area contributed by atoms with Gasteiger partial charge >= 0.3 is 0 Å². The third-order valence-electron chi connectivity index (χ3n) is 5.03. The Morgan fingerprint density at radius 2 is 1.87 bits per heavy atom. The van der Waals surface area contributed by atoms with Gasteiger partial charge in [-0.3, -0.25) is 14.5 Å². The lowest BCUT2D eigenvalue weighted by atomic mass is 10.0. The van der Waals surface area contributed by atoms with Crippen LogP contribution in [0.2, 0.25) is 0 Å². The number of benzene rings is 1. The number of carbonyl (C=O) groups excluding carboxylic acids is 2. The van der Waals surface area contributed by atoms with E-state index in [2.05, 4.69) is 15.4 Å². The number of aromatic nitrogens is 3. The van der Waals surface area contributed by atoms with E-state index in [0.717, 1.165) is 32.3 Å². The van der Waals surface area contributed by atoms with Crippen LogP contribution in [0.25, 0.3) is 32.3 Å². The smallest absolute Gasteiger partial charge is 0.261 e. The fourth-order valence-corrected chi connectivity index (χ4v) is 4.29. The first-order valence-corrected chi connectivity index (χ1v) is 10.5. The van der Waals surface area contributed by atoms with E-state index >= 15 is 0 Å². The number of hydrogen-bond donors (Lipinski definition) is 1. The zero-order chi connectivity index (χ0) is 22.0. The number of pyridine rings is 1. The Morgan fingerprint density at radius 3 is 2.55 bits per heavy atom. The minimum Gasteiger partial charge on any atom is -0.371 e. The summed E-state index contributed by atoms with van der Waals surface area (Å²) in [5.41, 5.74) is 4.52. The van der Waals surface area contributed by atoms with Gasteiger partial charge in [0.1, 0.15) is 11.6 Å². The molecule has 0 bridgehead atoms. The number of allylic oxidation sites excluding steroid dienone is 1. The highest BCUT2D eigenvalue weighted by atomic mass is 32.1. The largest absolute Gasteiger partial charge is 0.371 e. The Balaban J connectivity index is 1.62. The monoisotopic (exact) mass is 431 g/mol. The van der Waals surface area contributed by atoms with Gasteiger partial charge in [-0.25, -0.2) is 4.79 Å². The number of nitrogens with one attached hydrogen (secondary N) is 1. The van der Waals surface area contributed by atoms with Gasteiger partial charge in [0.15, 0.2) is 0 Å². The molecule has 0 saturated heterocycles. The number of hydrogen-bond acceptors (Lipinski definition) is 6. The number of likely N-dealkylation sites (N-methyl/N-ethyl adjacent to an activating group) is 1. The first-order chi connectivity index (χ1) is 15.0. The molecule has 7 nitrogen and oxygen atoms in total. The molecule has 0 fully saturated rings. The molecule has 8 heteroatoms. The predicted octanol–water partition coefficient (Wildman–Crippen LogP) is 3.46. The predicted molar refractivity (Wildman–Crippen MR) is 123 cm³/mol. The molecule has 3 heterocycles. The second-order valence-corrected chi connectivity index (χ2v) is 8.32. The molecule has 0 radical (unpaired) electrons. The van der Waals surface area contributed by atoms with E-state index in [-0.39, 0.29) is 5.91 Å². The second kappa shape index (κ2) is 8.55. The van der Waals surface area contributed by atoms with Crippen LogP contribution >= 0.6 is 11.3 Å². The van der Waals surface area contributed by atoms with Crippen LogP contribution in [0.15, 0.2) is 60.8 Å². The normalized spacial score (nSPS) is 10.7. The molecule has 3 aromatic heterocycles. The number of nitrogens with zero attached hydrogens (tertiary/aromatic N) is 4. The maximum absolute atomic E-state index is 12.0. The van der Waals surface area contributed by atoms with Gasteiger partial charge in [-0.05, 0) is 17.2 Å². The summed E-state index contributed by atoms with van der Waals surface area (Å²) >= 11 is 1.43. The van der Waals surface area contributed by atoms with Crippen LogP contribution < -0.4 is 5.32 Å². The van der Waals surface area contributed by atoms with E-state index in [1.165, 1.54) is 11.3 Å². The Kier molecular flexibility index (Phi) is 5.66. The van der Waals surface area contributed by atoms with Crippen molar-refractivity contribution >= 4 is 33.3 Å². The number of fused-ring (bicyclic) bond motifs is 1. The summed E-state index contributed by atoms with van der Waals surface area (Å²) in [4.78, 5) is 29.8. The molecular formula is C23H21N5O2S. The third-order valence-corrected chi connectivity index (χ3v) is 6.10. The molecule has 0 aliphatic carbocycles. The Labute approximate surface area is 183 Å². The summed E-state index contributed by atoms with van der Waals surface area (Å²) in [7, 11) is 5.25. The van der Waals surface area contributed by atoms with Gasteiger partial charge in [-0.1, -0.05) is 24.3 Å². The molecule has 0 aliphatic rings. The van der Waals surface area contributed by atoms with Crippen molar-refractivity contribution in [1.29, 1.82) is 0 Å². The van der Waals surface area contributed by atoms with Crippen LogP contribution in [-0.2, 0) is 11.3 Å². The van der Waals surface area contributed by atoms with Crippen molar-refractivity contribution in [1.82, 2.24) is 25.0 Å². The minimum absolute atomic E-state index is 0.0960. The topological polar surface area (TPSA) is 80.1 Å². The fraction of sp³-hybridized carbons (Fsp3) is 0.174. The van der Waals surface area contributed by atoms with Crippen molar-refractivity contribution in [3.63, 3.8) is 0 Å². The average Bonchev–Trinajstić information content (AvgIpc) is 3.43. The Bertz CT molecular complexity index is 1300. The van der Waals surface area contributed by atoms with Gasteiger partial charge in [0.25, 0.3) is 5.91 Å². The first kappa shape index (κ1) is 20.5. The SMILES string of the molecule is CNC(=O)c1cc2c(-c3ccc(-c4cnn(CC(=C=O)N(C)C)c4)cc3)cncc2s1. The molecule has 0 atom stereocenters. The van der Waals surface area contributed by atoms with Crippen molar-refractivity contribution in [2.24, 2.45) is 0 Å². The number of rotatable bonds is 6. The van der Waals surface area contributed by atoms with E-state index in [4.69, 9.17) is 0 Å². The first-order valence-electron chi connectivity index (χ1n) is 9.64. The minimum atomic E-state index is -0.0960. The lowest BCUT2D eigenvalue weighted by molar-refractivity contribution is 0.0967. The molecule has 4 aromatic rings. The number of thiophene rings is 1. The molecular weight excluding hydrogens is 410 g/mol. The summed E-state index contributed by atoms with van der Waals surface area (Å²) in [6.45, 7) is 0.369. The van der Waals surface area contributed by atoms with E-state index < -0.39 is 0 Å². The average molecular weight is 432 g/mol. The standard InChI is InChI=1S/C23H21N5O2S/c1-24-23(30)21-8-19-20(10-25-11-22(19)31-21)16-6-4-15(5-7-16)17-9-26-28(12-17)13-18(14-29)27(2)3/h4-12H,13H2,1-3H3,(H,24,30). The maximum atomic E-state index is 12.0. The van der Waals surface area contributed by atoms with Crippen molar-refractivity contribution in [3.8, 4) is 22.3 Å². The molecule has 156 valence electrons. The summed E-state index contributed by atoms with van der Waals surface area (Å²) in [6.07, 6.45) is 7.30. The van der Waals surface area contributed by atoms with Gasteiger partial charge in [-0.15, -0.1) is 11.3 Å². The van der Waals surface area contributed by atoms with E-state index in [1.54, 1.807) is 29.0 Å². The van der Waals surface area contributed by atoms with Crippen LogP contribution in [-0.4, -0.2) is 52.7 Å². The number of amides is 1. The molecule has 1 N–H and O–H groups in total. The van der Waals surface area contributed by atoms with Crippen LogP contribution in [0.3, 0.4) is 0 Å². The highest BCUT2D eigenvalue weighted by Gasteiger charge is 2.13. The summed E-state index contributed by atoms with van der Waals surface area (Å²) < 4.78 is 2.70. The van der Waals surface area contributed by atoms with Crippen molar-refractivity contribution in [2.75, 3.05) is 21.1 Å². The third kappa shape index (κ3) is 4.12. The highest BCUT2D eigenvalue weighted by molar-refractivity contribution is 7.20. The molecule has 0 aliphatic heterocycles.